The van der Waals surface area contributed by atoms with Crippen molar-refractivity contribution in [1.29, 1.82) is 0 Å². The molecule has 2 aromatic rings. The Morgan fingerprint density at radius 2 is 2.21 bits per heavy atom. The second kappa shape index (κ2) is 6.84. The van der Waals surface area contributed by atoms with Gasteiger partial charge in [-0.05, 0) is 37.0 Å². The summed E-state index contributed by atoms with van der Waals surface area (Å²) in [4.78, 5) is 0. The molecule has 1 aromatic heterocycles. The second-order valence-corrected chi connectivity index (χ2v) is 9.78. The molecule has 1 saturated heterocycles. The van der Waals surface area contributed by atoms with Gasteiger partial charge in [0.05, 0.1) is 11.5 Å². The summed E-state index contributed by atoms with van der Waals surface area (Å²) >= 11 is 1.51. The third kappa shape index (κ3) is 3.97. The lowest BCUT2D eigenvalue weighted by atomic mass is 10.1. The maximum Gasteiger partial charge on any atom is 0.191 e. The molecule has 130 valence electrons. The highest BCUT2D eigenvalue weighted by atomic mass is 32.2. The van der Waals surface area contributed by atoms with E-state index in [0.717, 1.165) is 16.5 Å². The zero-order chi connectivity index (χ0) is 17.3. The van der Waals surface area contributed by atoms with Crippen LogP contribution in [0.3, 0.4) is 0 Å². The van der Waals surface area contributed by atoms with Crippen LogP contribution in [-0.4, -0.2) is 34.7 Å². The molecule has 0 unspecified atom stereocenters. The molecule has 2 heterocycles. The van der Waals surface area contributed by atoms with Gasteiger partial charge in [-0.25, -0.2) is 12.8 Å². The normalized spacial score (nSPS) is 21.0. The van der Waals surface area contributed by atoms with Gasteiger partial charge in [-0.2, -0.15) is 0 Å². The molecule has 2 atom stereocenters. The topological polar surface area (TPSA) is 64.8 Å². The molecule has 3 rings (SSSR count). The Kier molecular flexibility index (Phi) is 4.96. The van der Waals surface area contributed by atoms with E-state index in [1.807, 2.05) is 24.6 Å². The fourth-order valence-electron chi connectivity index (χ4n) is 2.90. The highest BCUT2D eigenvalue weighted by molar-refractivity contribution is 7.99. The van der Waals surface area contributed by atoms with Crippen LogP contribution in [0.1, 0.15) is 30.0 Å². The van der Waals surface area contributed by atoms with Crippen molar-refractivity contribution in [3.63, 3.8) is 0 Å². The van der Waals surface area contributed by atoms with E-state index in [9.17, 15) is 12.8 Å². The largest absolute Gasteiger partial charge is 0.309 e. The highest BCUT2D eigenvalue weighted by Crippen LogP contribution is 2.34. The first-order valence-corrected chi connectivity index (χ1v) is 10.5. The SMILES string of the molecule is C[C@@H](Sc1nnc(C[C@@H]2CCS(=O)(=O)C2)n1C)c1cccc(F)c1. The smallest absolute Gasteiger partial charge is 0.191 e. The molecular formula is C16H20FN3O2S2. The van der Waals surface area contributed by atoms with Crippen LogP contribution in [0.15, 0.2) is 29.4 Å². The van der Waals surface area contributed by atoms with Gasteiger partial charge in [-0.1, -0.05) is 23.9 Å². The summed E-state index contributed by atoms with van der Waals surface area (Å²) in [5.74, 6) is 1.18. The molecule has 1 aliphatic heterocycles. The van der Waals surface area contributed by atoms with Crippen molar-refractivity contribution in [1.82, 2.24) is 14.8 Å². The van der Waals surface area contributed by atoms with Crippen molar-refractivity contribution in [3.8, 4) is 0 Å². The zero-order valence-electron chi connectivity index (χ0n) is 13.6. The molecule has 0 saturated carbocycles. The van der Waals surface area contributed by atoms with Crippen molar-refractivity contribution in [2.24, 2.45) is 13.0 Å². The van der Waals surface area contributed by atoms with Gasteiger partial charge < -0.3 is 4.57 Å². The number of halogens is 1. The average Bonchev–Trinajstić information content (AvgIpc) is 3.03. The summed E-state index contributed by atoms with van der Waals surface area (Å²) < 4.78 is 38.4. The van der Waals surface area contributed by atoms with Crippen LogP contribution in [0, 0.1) is 11.7 Å². The van der Waals surface area contributed by atoms with Crippen LogP contribution in [0.4, 0.5) is 4.39 Å². The lowest BCUT2D eigenvalue weighted by Crippen LogP contribution is -2.11. The van der Waals surface area contributed by atoms with Gasteiger partial charge in [0, 0.05) is 18.7 Å². The van der Waals surface area contributed by atoms with Crippen molar-refractivity contribution in [2.45, 2.75) is 30.2 Å². The van der Waals surface area contributed by atoms with Gasteiger partial charge in [0.25, 0.3) is 0 Å². The minimum Gasteiger partial charge on any atom is -0.309 e. The summed E-state index contributed by atoms with van der Waals surface area (Å²) in [7, 11) is -0.991. The predicted molar refractivity (Wildman–Crippen MR) is 92.1 cm³/mol. The Hall–Kier alpha value is -1.41. The number of benzene rings is 1. The molecular weight excluding hydrogens is 349 g/mol. The summed E-state index contributed by atoms with van der Waals surface area (Å²) in [5, 5.41) is 9.23. The molecule has 0 spiro atoms. The van der Waals surface area contributed by atoms with Gasteiger partial charge in [-0.15, -0.1) is 10.2 Å². The average molecular weight is 369 g/mol. The van der Waals surface area contributed by atoms with Crippen LogP contribution in [0.25, 0.3) is 0 Å². The van der Waals surface area contributed by atoms with Crippen LogP contribution < -0.4 is 0 Å². The zero-order valence-corrected chi connectivity index (χ0v) is 15.3. The van der Waals surface area contributed by atoms with Gasteiger partial charge in [0.2, 0.25) is 0 Å². The number of thioether (sulfide) groups is 1. The fourth-order valence-corrected chi connectivity index (χ4v) is 5.71. The minimum atomic E-state index is -2.88. The van der Waals surface area contributed by atoms with E-state index in [-0.39, 0.29) is 28.5 Å². The van der Waals surface area contributed by atoms with Crippen LogP contribution >= 0.6 is 11.8 Å². The molecule has 0 radical (unpaired) electrons. The van der Waals surface area contributed by atoms with E-state index in [1.54, 1.807) is 6.07 Å². The van der Waals surface area contributed by atoms with Crippen molar-refractivity contribution >= 4 is 21.6 Å². The predicted octanol–water partition coefficient (Wildman–Crippen LogP) is 2.78. The monoisotopic (exact) mass is 369 g/mol. The highest BCUT2D eigenvalue weighted by Gasteiger charge is 2.29. The Balaban J connectivity index is 1.69. The van der Waals surface area contributed by atoms with Crippen LogP contribution in [-0.2, 0) is 23.3 Å². The number of sulfone groups is 1. The summed E-state index contributed by atoms with van der Waals surface area (Å²) in [5.41, 5.74) is 0.895. The third-order valence-corrected chi connectivity index (χ3v) is 7.35. The van der Waals surface area contributed by atoms with Crippen LogP contribution in [0.2, 0.25) is 0 Å². The molecule has 0 aliphatic carbocycles. The Labute approximate surface area is 145 Å². The van der Waals surface area contributed by atoms with Gasteiger partial charge in [0.15, 0.2) is 15.0 Å². The van der Waals surface area contributed by atoms with E-state index in [2.05, 4.69) is 10.2 Å². The molecule has 0 amide bonds. The number of hydrogen-bond acceptors (Lipinski definition) is 5. The molecule has 24 heavy (non-hydrogen) atoms. The first-order valence-electron chi connectivity index (χ1n) is 7.85. The lowest BCUT2D eigenvalue weighted by Gasteiger charge is -2.12. The molecule has 0 N–H and O–H groups in total. The molecule has 1 aliphatic rings. The number of rotatable bonds is 5. The molecule has 5 nitrogen and oxygen atoms in total. The number of hydrogen-bond donors (Lipinski definition) is 0. The second-order valence-electron chi connectivity index (χ2n) is 6.25. The maximum atomic E-state index is 13.3. The Morgan fingerprint density at radius 3 is 2.88 bits per heavy atom. The standard InChI is InChI=1S/C16H20FN3O2S2/c1-11(13-4-3-5-14(17)9-13)23-16-19-18-15(20(16)2)8-12-6-7-24(21,22)10-12/h3-5,9,11-12H,6-8,10H2,1-2H3/t11-,12+/m1/s1. The van der Waals surface area contributed by atoms with Gasteiger partial charge in [0.1, 0.15) is 11.6 Å². The summed E-state index contributed by atoms with van der Waals surface area (Å²) in [6, 6.07) is 6.54. The third-order valence-electron chi connectivity index (χ3n) is 4.32. The van der Waals surface area contributed by atoms with Gasteiger partial charge >= 0.3 is 0 Å². The lowest BCUT2D eigenvalue weighted by molar-refractivity contribution is 0.552. The van der Waals surface area contributed by atoms with E-state index < -0.39 is 9.84 Å². The van der Waals surface area contributed by atoms with Crippen molar-refractivity contribution in [2.75, 3.05) is 11.5 Å². The Morgan fingerprint density at radius 1 is 1.42 bits per heavy atom. The van der Waals surface area contributed by atoms with E-state index >= 15 is 0 Å². The van der Waals surface area contributed by atoms with E-state index in [0.29, 0.717) is 12.8 Å². The number of aromatic nitrogens is 3. The molecule has 1 fully saturated rings. The fraction of sp³-hybridized carbons (Fsp3) is 0.500. The van der Waals surface area contributed by atoms with Gasteiger partial charge in [-0.3, -0.25) is 0 Å². The number of nitrogens with zero attached hydrogens (tertiary/aromatic N) is 3. The maximum absolute atomic E-state index is 13.3. The summed E-state index contributed by atoms with van der Waals surface area (Å²) in [6.07, 6.45) is 1.31. The first-order chi connectivity index (χ1) is 11.3. The first kappa shape index (κ1) is 17.4. The van der Waals surface area contributed by atoms with Crippen molar-refractivity contribution < 1.29 is 12.8 Å². The minimum absolute atomic E-state index is 0.0447. The molecule has 8 heteroatoms. The van der Waals surface area contributed by atoms with Crippen LogP contribution in [0.5, 0.6) is 0 Å². The van der Waals surface area contributed by atoms with E-state index in [4.69, 9.17) is 0 Å². The Bertz CT molecular complexity index is 836. The summed E-state index contributed by atoms with van der Waals surface area (Å²) in [6.45, 7) is 2.00. The molecule has 0 bridgehead atoms. The molecule has 1 aromatic carbocycles. The van der Waals surface area contributed by atoms with Crippen molar-refractivity contribution in [3.05, 3.63) is 41.5 Å². The van der Waals surface area contributed by atoms with E-state index in [1.165, 1.54) is 23.9 Å². The quantitative estimate of drug-likeness (QED) is 0.758.